The van der Waals surface area contributed by atoms with Crippen LogP contribution in [0.2, 0.25) is 0 Å². The number of Topliss-reactive ketones (excluding diaryl/α,β-unsaturated/α-hetero) is 2. The summed E-state index contributed by atoms with van der Waals surface area (Å²) in [5, 5.41) is 0. The molecule has 92 valence electrons. The molecule has 1 rings (SSSR count). The molecule has 0 aliphatic carbocycles. The Hall–Kier alpha value is -1.64. The van der Waals surface area contributed by atoms with E-state index in [4.69, 9.17) is 4.74 Å². The Balaban J connectivity index is 2.71. The summed E-state index contributed by atoms with van der Waals surface area (Å²) in [6.07, 6.45) is 0.151. The van der Waals surface area contributed by atoms with Gasteiger partial charge in [-0.25, -0.2) is 0 Å². The van der Waals surface area contributed by atoms with E-state index in [1.54, 1.807) is 19.9 Å². The van der Waals surface area contributed by atoms with Crippen molar-refractivity contribution in [3.63, 3.8) is 0 Å². The first kappa shape index (κ1) is 13.4. The summed E-state index contributed by atoms with van der Waals surface area (Å²) in [7, 11) is 0. The highest BCUT2D eigenvalue weighted by Crippen LogP contribution is 2.14. The highest BCUT2D eigenvalue weighted by atomic mass is 16.5. The van der Waals surface area contributed by atoms with Crippen molar-refractivity contribution < 1.29 is 14.3 Å². The zero-order valence-electron chi connectivity index (χ0n) is 10.5. The minimum Gasteiger partial charge on any atom is -0.494 e. The second-order valence-electron chi connectivity index (χ2n) is 4.20. The van der Waals surface area contributed by atoms with E-state index in [0.717, 1.165) is 11.3 Å². The van der Waals surface area contributed by atoms with Crippen LogP contribution in [0.15, 0.2) is 24.3 Å². The first-order valence-electron chi connectivity index (χ1n) is 5.83. The average molecular weight is 234 g/mol. The Morgan fingerprint density at radius 3 is 2.59 bits per heavy atom. The molecule has 0 saturated carbocycles. The number of hydrogen-bond donors (Lipinski definition) is 0. The quantitative estimate of drug-likeness (QED) is 0.710. The van der Waals surface area contributed by atoms with Crippen LogP contribution in [0.5, 0.6) is 5.75 Å². The summed E-state index contributed by atoms with van der Waals surface area (Å²) in [5.74, 6) is -0.159. The van der Waals surface area contributed by atoms with Crippen LogP contribution in [0.4, 0.5) is 0 Å². The molecule has 0 fully saturated rings. The predicted octanol–water partition coefficient (Wildman–Crippen LogP) is 2.42. The molecule has 0 bridgehead atoms. The molecular formula is C14H18O3. The second kappa shape index (κ2) is 6.18. The molecule has 0 unspecified atom stereocenters. The van der Waals surface area contributed by atoms with Gasteiger partial charge in [0.1, 0.15) is 5.75 Å². The van der Waals surface area contributed by atoms with E-state index in [0.29, 0.717) is 6.61 Å². The summed E-state index contributed by atoms with van der Waals surface area (Å²) in [6.45, 7) is 5.95. The van der Waals surface area contributed by atoms with Gasteiger partial charge >= 0.3 is 0 Å². The summed E-state index contributed by atoms with van der Waals surface area (Å²) in [4.78, 5) is 23.1. The van der Waals surface area contributed by atoms with Gasteiger partial charge in [0.15, 0.2) is 0 Å². The van der Waals surface area contributed by atoms with Crippen LogP contribution in [0.3, 0.4) is 0 Å². The topological polar surface area (TPSA) is 43.4 Å². The third-order valence-electron chi connectivity index (χ3n) is 2.37. The van der Waals surface area contributed by atoms with Crippen LogP contribution in [0.25, 0.3) is 0 Å². The fourth-order valence-electron chi connectivity index (χ4n) is 1.51. The van der Waals surface area contributed by atoms with E-state index < -0.39 is 0 Å². The molecule has 17 heavy (non-hydrogen) atoms. The molecule has 0 aliphatic heterocycles. The Morgan fingerprint density at radius 2 is 2.00 bits per heavy atom. The molecular weight excluding hydrogens is 216 g/mol. The van der Waals surface area contributed by atoms with Crippen molar-refractivity contribution in [3.8, 4) is 5.75 Å². The minimum atomic E-state index is -0.339. The molecule has 1 aromatic rings. The lowest BCUT2D eigenvalue weighted by Crippen LogP contribution is -2.21. The SMILES string of the molecule is CCOc1cccc(CC(=O)C(=O)C(C)C)c1. The molecule has 0 saturated heterocycles. The van der Waals surface area contributed by atoms with E-state index >= 15 is 0 Å². The van der Waals surface area contributed by atoms with E-state index in [-0.39, 0.29) is 23.9 Å². The summed E-state index contributed by atoms with van der Waals surface area (Å²) < 4.78 is 5.34. The first-order chi connectivity index (χ1) is 8.04. The number of carbonyl (C=O) groups excluding carboxylic acids is 2. The van der Waals surface area contributed by atoms with Gasteiger partial charge in [0, 0.05) is 12.3 Å². The number of hydrogen-bond acceptors (Lipinski definition) is 3. The maximum Gasteiger partial charge on any atom is 0.203 e. The van der Waals surface area contributed by atoms with Gasteiger partial charge in [-0.05, 0) is 24.6 Å². The zero-order chi connectivity index (χ0) is 12.8. The van der Waals surface area contributed by atoms with E-state index in [1.807, 2.05) is 25.1 Å². The molecule has 0 amide bonds. The van der Waals surface area contributed by atoms with Gasteiger partial charge in [-0.2, -0.15) is 0 Å². The molecule has 3 heteroatoms. The molecule has 1 aromatic carbocycles. The maximum atomic E-state index is 11.6. The molecule has 0 N–H and O–H groups in total. The number of benzene rings is 1. The lowest BCUT2D eigenvalue weighted by Gasteiger charge is -2.06. The highest BCUT2D eigenvalue weighted by Gasteiger charge is 2.17. The van der Waals surface area contributed by atoms with E-state index in [2.05, 4.69) is 0 Å². The number of ether oxygens (including phenoxy) is 1. The van der Waals surface area contributed by atoms with Crippen LogP contribution < -0.4 is 4.74 Å². The van der Waals surface area contributed by atoms with Gasteiger partial charge < -0.3 is 4.74 Å². The van der Waals surface area contributed by atoms with E-state index in [9.17, 15) is 9.59 Å². The van der Waals surface area contributed by atoms with Crippen molar-refractivity contribution in [2.75, 3.05) is 6.61 Å². The fraction of sp³-hybridized carbons (Fsp3) is 0.429. The van der Waals surface area contributed by atoms with Crippen LogP contribution in [-0.2, 0) is 16.0 Å². The summed E-state index contributed by atoms with van der Waals surface area (Å²) >= 11 is 0. The fourth-order valence-corrected chi connectivity index (χ4v) is 1.51. The maximum absolute atomic E-state index is 11.6. The summed E-state index contributed by atoms with van der Waals surface area (Å²) in [6, 6.07) is 7.29. The van der Waals surface area contributed by atoms with Crippen molar-refractivity contribution in [1.82, 2.24) is 0 Å². The zero-order valence-corrected chi connectivity index (χ0v) is 10.5. The van der Waals surface area contributed by atoms with Crippen LogP contribution in [0, 0.1) is 5.92 Å². The third-order valence-corrected chi connectivity index (χ3v) is 2.37. The monoisotopic (exact) mass is 234 g/mol. The molecule has 3 nitrogen and oxygen atoms in total. The molecule has 0 spiro atoms. The Labute approximate surface area is 102 Å². The third kappa shape index (κ3) is 4.02. The van der Waals surface area contributed by atoms with Gasteiger partial charge in [0.2, 0.25) is 11.6 Å². The summed E-state index contributed by atoms with van der Waals surface area (Å²) in [5.41, 5.74) is 0.815. The van der Waals surface area contributed by atoms with Gasteiger partial charge in [0.05, 0.1) is 6.61 Å². The molecule has 0 aliphatic rings. The van der Waals surface area contributed by atoms with Gasteiger partial charge in [-0.15, -0.1) is 0 Å². The van der Waals surface area contributed by atoms with Crippen molar-refractivity contribution in [2.45, 2.75) is 27.2 Å². The lowest BCUT2D eigenvalue weighted by molar-refractivity contribution is -0.138. The smallest absolute Gasteiger partial charge is 0.203 e. The number of rotatable bonds is 6. The standard InChI is InChI=1S/C14H18O3/c1-4-17-12-7-5-6-11(8-12)9-13(15)14(16)10(2)3/h5-8,10H,4,9H2,1-3H3. The van der Waals surface area contributed by atoms with Crippen LogP contribution in [0.1, 0.15) is 26.3 Å². The molecule has 0 atom stereocenters. The van der Waals surface area contributed by atoms with Gasteiger partial charge in [0.25, 0.3) is 0 Å². The Morgan fingerprint density at radius 1 is 1.29 bits per heavy atom. The number of ketones is 2. The van der Waals surface area contributed by atoms with Crippen molar-refractivity contribution in [1.29, 1.82) is 0 Å². The van der Waals surface area contributed by atoms with Crippen LogP contribution >= 0.6 is 0 Å². The number of carbonyl (C=O) groups is 2. The normalized spacial score (nSPS) is 10.4. The largest absolute Gasteiger partial charge is 0.494 e. The van der Waals surface area contributed by atoms with Gasteiger partial charge in [-0.1, -0.05) is 26.0 Å². The van der Waals surface area contributed by atoms with Crippen molar-refractivity contribution in [3.05, 3.63) is 29.8 Å². The molecule has 0 radical (unpaired) electrons. The Kier molecular flexibility index (Phi) is 4.88. The van der Waals surface area contributed by atoms with Crippen molar-refractivity contribution in [2.24, 2.45) is 5.92 Å². The lowest BCUT2D eigenvalue weighted by atomic mass is 10.00. The predicted molar refractivity (Wildman–Crippen MR) is 66.2 cm³/mol. The average Bonchev–Trinajstić information content (AvgIpc) is 2.28. The first-order valence-corrected chi connectivity index (χ1v) is 5.83. The van der Waals surface area contributed by atoms with Crippen molar-refractivity contribution >= 4 is 11.6 Å². The van der Waals surface area contributed by atoms with Crippen LogP contribution in [-0.4, -0.2) is 18.2 Å². The second-order valence-corrected chi connectivity index (χ2v) is 4.20. The van der Waals surface area contributed by atoms with Gasteiger partial charge in [-0.3, -0.25) is 9.59 Å². The molecule has 0 heterocycles. The minimum absolute atomic E-state index is 0.151. The highest BCUT2D eigenvalue weighted by molar-refractivity contribution is 6.38. The van der Waals surface area contributed by atoms with E-state index in [1.165, 1.54) is 0 Å². The Bertz CT molecular complexity index is 408. The molecule has 0 aromatic heterocycles.